The average molecular weight is 343 g/mol. The summed E-state index contributed by atoms with van der Waals surface area (Å²) in [5, 5.41) is 6.30. The van der Waals surface area contributed by atoms with E-state index in [0.717, 1.165) is 58.3 Å². The van der Waals surface area contributed by atoms with Crippen molar-refractivity contribution in [1.29, 1.82) is 0 Å². The molecule has 3 unspecified atom stereocenters. The molecule has 0 aromatic heterocycles. The maximum Gasteiger partial charge on any atom is 0.248 e. The zero-order valence-electron chi connectivity index (χ0n) is 14.5. The van der Waals surface area contributed by atoms with Crippen LogP contribution in [0.5, 0.6) is 0 Å². The fourth-order valence-corrected chi connectivity index (χ4v) is 4.56. The second-order valence-corrected chi connectivity index (χ2v) is 7.98. The Balaban J connectivity index is 1.40. The fourth-order valence-electron chi connectivity index (χ4n) is 4.56. The van der Waals surface area contributed by atoms with Gasteiger partial charge in [-0.2, -0.15) is 0 Å². The molecule has 0 bridgehead atoms. The van der Waals surface area contributed by atoms with Gasteiger partial charge in [0.2, 0.25) is 11.8 Å². The van der Waals surface area contributed by atoms with Crippen LogP contribution in [0.3, 0.4) is 0 Å². The lowest BCUT2D eigenvalue weighted by atomic mass is 9.85. The van der Waals surface area contributed by atoms with Crippen molar-refractivity contribution in [2.24, 2.45) is 11.8 Å². The van der Waals surface area contributed by atoms with Crippen molar-refractivity contribution in [3.8, 4) is 0 Å². The zero-order chi connectivity index (χ0) is 17.0. The molecule has 3 atom stereocenters. The van der Waals surface area contributed by atoms with Crippen LogP contribution in [0.4, 0.5) is 8.78 Å². The Kier molecular flexibility index (Phi) is 6.08. The number of hydrogen-bond acceptors (Lipinski definition) is 3. The lowest BCUT2D eigenvalue weighted by molar-refractivity contribution is -0.123. The Labute approximate surface area is 143 Å². The van der Waals surface area contributed by atoms with Gasteiger partial charge in [-0.05, 0) is 63.5 Å². The summed E-state index contributed by atoms with van der Waals surface area (Å²) in [5.41, 5.74) is 0. The molecule has 2 aliphatic heterocycles. The normalized spacial score (nSPS) is 34.2. The van der Waals surface area contributed by atoms with Crippen molar-refractivity contribution in [3.05, 3.63) is 0 Å². The number of nitrogens with zero attached hydrogens (tertiary/aromatic N) is 1. The Morgan fingerprint density at radius 1 is 1.17 bits per heavy atom. The van der Waals surface area contributed by atoms with E-state index in [1.165, 1.54) is 0 Å². The van der Waals surface area contributed by atoms with Crippen LogP contribution < -0.4 is 10.6 Å². The smallest absolute Gasteiger partial charge is 0.248 e. The van der Waals surface area contributed by atoms with Crippen molar-refractivity contribution in [1.82, 2.24) is 15.5 Å². The summed E-state index contributed by atoms with van der Waals surface area (Å²) in [6.07, 6.45) is 5.92. The van der Waals surface area contributed by atoms with E-state index in [1.807, 2.05) is 0 Å². The van der Waals surface area contributed by atoms with Gasteiger partial charge in [-0.15, -0.1) is 0 Å². The second-order valence-electron chi connectivity index (χ2n) is 7.98. The van der Waals surface area contributed by atoms with E-state index < -0.39 is 5.92 Å². The molecule has 0 aromatic rings. The van der Waals surface area contributed by atoms with Crippen molar-refractivity contribution in [2.45, 2.75) is 63.3 Å². The highest BCUT2D eigenvalue weighted by Gasteiger charge is 2.37. The van der Waals surface area contributed by atoms with Gasteiger partial charge in [-0.25, -0.2) is 8.78 Å². The highest BCUT2D eigenvalue weighted by atomic mass is 19.3. The van der Waals surface area contributed by atoms with Gasteiger partial charge in [-0.3, -0.25) is 4.79 Å². The highest BCUT2D eigenvalue weighted by molar-refractivity contribution is 5.81. The molecule has 1 saturated carbocycles. The van der Waals surface area contributed by atoms with Crippen LogP contribution in [0.25, 0.3) is 0 Å². The lowest BCUT2D eigenvalue weighted by Gasteiger charge is -2.37. The molecule has 3 rings (SSSR count). The van der Waals surface area contributed by atoms with Crippen LogP contribution in [0.2, 0.25) is 0 Å². The van der Waals surface area contributed by atoms with Crippen LogP contribution >= 0.6 is 0 Å². The monoisotopic (exact) mass is 343 g/mol. The molecule has 1 aliphatic carbocycles. The number of carbonyl (C=O) groups is 1. The van der Waals surface area contributed by atoms with Gasteiger partial charge in [0, 0.05) is 32.5 Å². The van der Waals surface area contributed by atoms with Crippen LogP contribution in [-0.2, 0) is 4.79 Å². The molecule has 2 saturated heterocycles. The molecule has 24 heavy (non-hydrogen) atoms. The summed E-state index contributed by atoms with van der Waals surface area (Å²) in [7, 11) is 0. The van der Waals surface area contributed by atoms with Gasteiger partial charge in [0.25, 0.3) is 0 Å². The van der Waals surface area contributed by atoms with Gasteiger partial charge in [0.05, 0.1) is 6.04 Å². The van der Waals surface area contributed by atoms with Crippen molar-refractivity contribution >= 4 is 5.91 Å². The van der Waals surface area contributed by atoms with Gasteiger partial charge >= 0.3 is 0 Å². The Morgan fingerprint density at radius 2 is 2.00 bits per heavy atom. The number of amides is 1. The fraction of sp³-hybridized carbons (Fsp3) is 0.944. The molecule has 6 heteroatoms. The first-order chi connectivity index (χ1) is 11.5. The van der Waals surface area contributed by atoms with E-state index >= 15 is 0 Å². The summed E-state index contributed by atoms with van der Waals surface area (Å²) < 4.78 is 27.1. The number of rotatable bonds is 5. The average Bonchev–Trinajstić information content (AvgIpc) is 3.06. The van der Waals surface area contributed by atoms with E-state index in [4.69, 9.17) is 0 Å². The number of piperidine rings is 1. The lowest BCUT2D eigenvalue weighted by Crippen LogP contribution is -2.46. The largest absolute Gasteiger partial charge is 0.354 e. The van der Waals surface area contributed by atoms with Crippen LogP contribution in [-0.4, -0.2) is 55.5 Å². The Morgan fingerprint density at radius 3 is 2.75 bits per heavy atom. The predicted molar refractivity (Wildman–Crippen MR) is 90.1 cm³/mol. The molecular weight excluding hydrogens is 312 g/mol. The summed E-state index contributed by atoms with van der Waals surface area (Å²) in [4.78, 5) is 14.4. The van der Waals surface area contributed by atoms with Crippen LogP contribution in [0.15, 0.2) is 0 Å². The maximum atomic E-state index is 13.6. The Hall–Kier alpha value is -0.750. The SMILES string of the molecule is O=C(NCC1CCCN(CC2CCCC(F)(F)C2)C1)C1CCCN1. The summed E-state index contributed by atoms with van der Waals surface area (Å²) in [6.45, 7) is 4.39. The van der Waals surface area contributed by atoms with Crippen molar-refractivity contribution in [2.75, 3.05) is 32.7 Å². The zero-order valence-corrected chi connectivity index (χ0v) is 14.5. The summed E-state index contributed by atoms with van der Waals surface area (Å²) in [6, 6.07) is -0.0193. The van der Waals surface area contributed by atoms with Crippen LogP contribution in [0, 0.1) is 11.8 Å². The molecule has 1 amide bonds. The summed E-state index contributed by atoms with van der Waals surface area (Å²) >= 11 is 0. The number of hydrogen-bond donors (Lipinski definition) is 2. The topological polar surface area (TPSA) is 44.4 Å². The number of nitrogens with one attached hydrogen (secondary N) is 2. The first-order valence-corrected chi connectivity index (χ1v) is 9.63. The standard InChI is InChI=1S/C18H31F2N3O/c19-18(20)7-1-4-14(10-18)12-23-9-3-5-15(13-23)11-22-17(24)16-6-2-8-21-16/h14-16,21H,1-13H2,(H,22,24). The first kappa shape index (κ1) is 18.1. The minimum absolute atomic E-state index is 0.0193. The number of likely N-dealkylation sites (tertiary alicyclic amines) is 1. The van der Waals surface area contributed by atoms with Gasteiger partial charge in [0.15, 0.2) is 0 Å². The number of carbonyl (C=O) groups excluding carboxylic acids is 1. The molecule has 4 nitrogen and oxygen atoms in total. The van der Waals surface area contributed by atoms with Crippen molar-refractivity contribution < 1.29 is 13.6 Å². The molecular formula is C18H31F2N3O. The molecule has 0 radical (unpaired) electrons. The Bertz CT molecular complexity index is 426. The summed E-state index contributed by atoms with van der Waals surface area (Å²) in [5.74, 6) is -1.75. The van der Waals surface area contributed by atoms with Crippen molar-refractivity contribution in [3.63, 3.8) is 0 Å². The molecule has 0 spiro atoms. The van der Waals surface area contributed by atoms with Gasteiger partial charge < -0.3 is 15.5 Å². The third-order valence-electron chi connectivity index (χ3n) is 5.80. The molecule has 3 fully saturated rings. The molecule has 2 heterocycles. The van der Waals surface area contributed by atoms with E-state index in [0.29, 0.717) is 18.9 Å². The van der Waals surface area contributed by atoms with E-state index in [2.05, 4.69) is 15.5 Å². The van der Waals surface area contributed by atoms with Gasteiger partial charge in [-0.1, -0.05) is 0 Å². The minimum Gasteiger partial charge on any atom is -0.354 e. The molecule has 3 aliphatic rings. The third-order valence-corrected chi connectivity index (χ3v) is 5.80. The van der Waals surface area contributed by atoms with Crippen LogP contribution in [0.1, 0.15) is 51.4 Å². The third kappa shape index (κ3) is 5.12. The molecule has 2 N–H and O–H groups in total. The second kappa shape index (κ2) is 8.09. The highest BCUT2D eigenvalue weighted by Crippen LogP contribution is 2.37. The maximum absolute atomic E-state index is 13.6. The number of alkyl halides is 2. The van der Waals surface area contributed by atoms with E-state index in [9.17, 15) is 13.6 Å². The van der Waals surface area contributed by atoms with E-state index in [-0.39, 0.29) is 30.7 Å². The molecule has 0 aromatic carbocycles. The van der Waals surface area contributed by atoms with E-state index in [1.54, 1.807) is 0 Å². The first-order valence-electron chi connectivity index (χ1n) is 9.63. The predicted octanol–water partition coefficient (Wildman–Crippen LogP) is 2.39. The minimum atomic E-state index is -2.46. The quantitative estimate of drug-likeness (QED) is 0.806. The number of halogens is 2. The van der Waals surface area contributed by atoms with Gasteiger partial charge in [0.1, 0.15) is 0 Å². The molecule has 138 valence electrons.